The van der Waals surface area contributed by atoms with Gasteiger partial charge in [-0.15, -0.1) is 11.3 Å². The van der Waals surface area contributed by atoms with Crippen LogP contribution in [0.1, 0.15) is 36.4 Å². The molecule has 0 saturated carbocycles. The van der Waals surface area contributed by atoms with Crippen LogP contribution in [0.4, 0.5) is 4.79 Å². The lowest BCUT2D eigenvalue weighted by atomic mass is 10.2. The summed E-state index contributed by atoms with van der Waals surface area (Å²) in [7, 11) is 0. The third kappa shape index (κ3) is 4.61. The molecule has 24 heavy (non-hydrogen) atoms. The van der Waals surface area contributed by atoms with E-state index in [1.54, 1.807) is 17.6 Å². The molecule has 0 radical (unpaired) electrons. The topological polar surface area (TPSA) is 57.5 Å². The minimum atomic E-state index is -0.116. The van der Waals surface area contributed by atoms with Gasteiger partial charge in [0.1, 0.15) is 5.76 Å². The molecule has 0 spiro atoms. The average molecular weight is 347 g/mol. The SMILES string of the molecule is C[C@H](Cc1ccco1)NC(=O)NC[C@H](c1cccs1)N1CCCC1. The summed E-state index contributed by atoms with van der Waals surface area (Å²) in [6.45, 7) is 4.85. The molecule has 5 nitrogen and oxygen atoms in total. The fraction of sp³-hybridized carbons (Fsp3) is 0.500. The number of likely N-dealkylation sites (tertiary alicyclic amines) is 1. The van der Waals surface area contributed by atoms with Crippen LogP contribution in [0.25, 0.3) is 0 Å². The minimum absolute atomic E-state index is 0.0307. The second kappa shape index (κ2) is 8.35. The van der Waals surface area contributed by atoms with Gasteiger partial charge in [0, 0.05) is 23.9 Å². The Morgan fingerprint density at radius 1 is 1.33 bits per heavy atom. The number of urea groups is 1. The van der Waals surface area contributed by atoms with E-state index in [9.17, 15) is 4.79 Å². The van der Waals surface area contributed by atoms with Crippen molar-refractivity contribution in [3.05, 3.63) is 46.5 Å². The number of hydrogen-bond acceptors (Lipinski definition) is 4. The summed E-state index contributed by atoms with van der Waals surface area (Å²) in [5.41, 5.74) is 0. The maximum atomic E-state index is 12.2. The minimum Gasteiger partial charge on any atom is -0.469 e. The molecule has 1 aliphatic rings. The second-order valence-electron chi connectivity index (χ2n) is 6.31. The smallest absolute Gasteiger partial charge is 0.315 e. The summed E-state index contributed by atoms with van der Waals surface area (Å²) in [5, 5.41) is 8.13. The zero-order valence-electron chi connectivity index (χ0n) is 14.0. The first-order valence-corrected chi connectivity index (χ1v) is 9.44. The van der Waals surface area contributed by atoms with Crippen molar-refractivity contribution in [1.29, 1.82) is 0 Å². The highest BCUT2D eigenvalue weighted by molar-refractivity contribution is 7.10. The Bertz CT molecular complexity index is 606. The third-order valence-corrected chi connectivity index (χ3v) is 5.35. The van der Waals surface area contributed by atoms with E-state index in [2.05, 4.69) is 33.0 Å². The van der Waals surface area contributed by atoms with Crippen molar-refractivity contribution < 1.29 is 9.21 Å². The van der Waals surface area contributed by atoms with Gasteiger partial charge in [0.2, 0.25) is 0 Å². The Labute approximate surface area is 147 Å². The first-order valence-electron chi connectivity index (χ1n) is 8.56. The van der Waals surface area contributed by atoms with Crippen molar-refractivity contribution in [1.82, 2.24) is 15.5 Å². The number of nitrogens with one attached hydrogen (secondary N) is 2. The zero-order valence-corrected chi connectivity index (χ0v) is 14.8. The predicted octanol–water partition coefficient (Wildman–Crippen LogP) is 3.41. The molecule has 2 aromatic heterocycles. The van der Waals surface area contributed by atoms with E-state index < -0.39 is 0 Å². The van der Waals surface area contributed by atoms with Crippen molar-refractivity contribution in [3.8, 4) is 0 Å². The molecule has 1 fully saturated rings. The fourth-order valence-corrected chi connectivity index (χ4v) is 4.05. The van der Waals surface area contributed by atoms with Gasteiger partial charge in [-0.05, 0) is 56.4 Å². The Morgan fingerprint density at radius 3 is 2.83 bits per heavy atom. The van der Waals surface area contributed by atoms with Crippen LogP contribution in [0.15, 0.2) is 40.3 Å². The molecule has 0 bridgehead atoms. The van der Waals surface area contributed by atoms with E-state index in [4.69, 9.17) is 4.42 Å². The molecule has 2 amide bonds. The van der Waals surface area contributed by atoms with Gasteiger partial charge in [-0.1, -0.05) is 6.07 Å². The lowest BCUT2D eigenvalue weighted by Gasteiger charge is -2.27. The van der Waals surface area contributed by atoms with Gasteiger partial charge in [-0.3, -0.25) is 4.90 Å². The van der Waals surface area contributed by atoms with Crippen LogP contribution in [0.3, 0.4) is 0 Å². The van der Waals surface area contributed by atoms with E-state index in [-0.39, 0.29) is 18.1 Å². The van der Waals surface area contributed by atoms with Crippen molar-refractivity contribution in [2.24, 2.45) is 0 Å². The summed E-state index contributed by atoms with van der Waals surface area (Å²) in [6.07, 6.45) is 4.84. The molecule has 0 aliphatic carbocycles. The number of amides is 2. The molecule has 130 valence electrons. The Hall–Kier alpha value is -1.79. The summed E-state index contributed by atoms with van der Waals surface area (Å²) in [4.78, 5) is 16.0. The standard InChI is InChI=1S/C18H25N3O2S/c1-14(12-15-6-4-10-23-15)20-18(22)19-13-16(17-7-5-11-24-17)21-8-2-3-9-21/h4-7,10-11,14,16H,2-3,8-9,12-13H2,1H3,(H2,19,20,22)/t14-,16-/m1/s1. The number of carbonyl (C=O) groups excluding carboxylic acids is 1. The van der Waals surface area contributed by atoms with E-state index in [1.165, 1.54) is 17.7 Å². The van der Waals surface area contributed by atoms with Crippen LogP contribution in [-0.4, -0.2) is 36.6 Å². The summed E-state index contributed by atoms with van der Waals surface area (Å²) < 4.78 is 5.32. The predicted molar refractivity (Wildman–Crippen MR) is 96.3 cm³/mol. The number of carbonyl (C=O) groups is 1. The zero-order chi connectivity index (χ0) is 16.8. The first kappa shape index (κ1) is 17.0. The summed E-state index contributed by atoms with van der Waals surface area (Å²) >= 11 is 1.76. The number of rotatable bonds is 7. The Kier molecular flexibility index (Phi) is 5.93. The highest BCUT2D eigenvalue weighted by Crippen LogP contribution is 2.27. The van der Waals surface area contributed by atoms with Crippen molar-refractivity contribution in [2.45, 2.75) is 38.3 Å². The Balaban J connectivity index is 1.49. The van der Waals surface area contributed by atoms with E-state index in [0.29, 0.717) is 13.0 Å². The molecule has 3 rings (SSSR count). The molecule has 6 heteroatoms. The molecular formula is C18H25N3O2S. The lowest BCUT2D eigenvalue weighted by Crippen LogP contribution is -2.44. The number of hydrogen-bond donors (Lipinski definition) is 2. The maximum absolute atomic E-state index is 12.2. The van der Waals surface area contributed by atoms with Crippen molar-refractivity contribution in [2.75, 3.05) is 19.6 Å². The van der Waals surface area contributed by atoms with Gasteiger partial charge in [-0.2, -0.15) is 0 Å². The van der Waals surface area contributed by atoms with Crippen molar-refractivity contribution >= 4 is 17.4 Å². The molecule has 2 aromatic rings. The summed E-state index contributed by atoms with van der Waals surface area (Å²) in [5.74, 6) is 0.885. The summed E-state index contributed by atoms with van der Waals surface area (Å²) in [6, 6.07) is 8.22. The first-order chi connectivity index (χ1) is 11.7. The van der Waals surface area contributed by atoms with Gasteiger partial charge >= 0.3 is 6.03 Å². The van der Waals surface area contributed by atoms with Crippen LogP contribution < -0.4 is 10.6 Å². The highest BCUT2D eigenvalue weighted by atomic mass is 32.1. The quantitative estimate of drug-likeness (QED) is 0.807. The molecule has 1 aliphatic heterocycles. The van der Waals surface area contributed by atoms with Gasteiger partial charge in [-0.25, -0.2) is 4.79 Å². The van der Waals surface area contributed by atoms with Crippen LogP contribution in [0.2, 0.25) is 0 Å². The van der Waals surface area contributed by atoms with Crippen molar-refractivity contribution in [3.63, 3.8) is 0 Å². The average Bonchev–Trinajstić information content (AvgIpc) is 3.31. The molecule has 1 saturated heterocycles. The van der Waals surface area contributed by atoms with Crippen LogP contribution in [0, 0.1) is 0 Å². The molecular weight excluding hydrogens is 322 g/mol. The van der Waals surface area contributed by atoms with E-state index >= 15 is 0 Å². The van der Waals surface area contributed by atoms with Gasteiger partial charge in [0.05, 0.1) is 12.3 Å². The molecule has 0 unspecified atom stereocenters. The van der Waals surface area contributed by atoms with Gasteiger partial charge in [0.25, 0.3) is 0 Å². The molecule has 2 atom stereocenters. The third-order valence-electron chi connectivity index (χ3n) is 4.37. The fourth-order valence-electron chi connectivity index (χ4n) is 3.19. The van der Waals surface area contributed by atoms with Gasteiger partial charge < -0.3 is 15.1 Å². The van der Waals surface area contributed by atoms with Crippen LogP contribution >= 0.6 is 11.3 Å². The number of nitrogens with zero attached hydrogens (tertiary/aromatic N) is 1. The molecule has 3 heterocycles. The monoisotopic (exact) mass is 347 g/mol. The largest absolute Gasteiger partial charge is 0.469 e. The maximum Gasteiger partial charge on any atom is 0.315 e. The van der Waals surface area contributed by atoms with E-state index in [1.807, 2.05) is 19.1 Å². The van der Waals surface area contributed by atoms with Gasteiger partial charge in [0.15, 0.2) is 0 Å². The highest BCUT2D eigenvalue weighted by Gasteiger charge is 2.24. The van der Waals surface area contributed by atoms with Crippen LogP contribution in [0.5, 0.6) is 0 Å². The second-order valence-corrected chi connectivity index (χ2v) is 7.29. The van der Waals surface area contributed by atoms with Crippen LogP contribution in [-0.2, 0) is 6.42 Å². The number of furan rings is 1. The lowest BCUT2D eigenvalue weighted by molar-refractivity contribution is 0.220. The number of thiophene rings is 1. The normalized spacial score (nSPS) is 17.5. The molecule has 2 N–H and O–H groups in total. The molecule has 0 aromatic carbocycles. The Morgan fingerprint density at radius 2 is 2.17 bits per heavy atom. The van der Waals surface area contributed by atoms with E-state index in [0.717, 1.165) is 18.8 Å².